The summed E-state index contributed by atoms with van der Waals surface area (Å²) in [5.74, 6) is 0. The van der Waals surface area contributed by atoms with Crippen molar-refractivity contribution >= 4 is 0 Å². The first-order valence-electron chi connectivity index (χ1n) is 2.21. The molecule has 2 heteroatoms. The van der Waals surface area contributed by atoms with Crippen molar-refractivity contribution in [2.75, 3.05) is 0 Å². The number of unbranched alkanes of at least 4 members (excludes halogenated alkanes) is 2. The summed E-state index contributed by atoms with van der Waals surface area (Å²) in [6.07, 6.45) is 3.65. The Morgan fingerprint density at radius 3 is 2.00 bits per heavy atom. The van der Waals surface area contributed by atoms with Gasteiger partial charge >= 0.3 is 18.9 Å². The van der Waals surface area contributed by atoms with Gasteiger partial charge in [-0.05, 0) is 0 Å². The molecular weight excluding hydrogens is 132 g/mol. The Bertz CT molecular complexity index is 19.9. The van der Waals surface area contributed by atoms with Crippen molar-refractivity contribution in [2.45, 2.75) is 26.2 Å². The molecule has 0 aliphatic heterocycles. The van der Waals surface area contributed by atoms with E-state index in [4.69, 9.17) is 0 Å². The molecule has 0 aromatic carbocycles. The second kappa shape index (κ2) is 15.7. The largest absolute Gasteiger partial charge is 1.00 e. The quantitative estimate of drug-likeness (QED) is 0.349. The molecule has 36 valence electrons. The molecule has 0 aromatic heterocycles. The van der Waals surface area contributed by atoms with E-state index in [0.29, 0.717) is 0 Å². The molecule has 0 radical (unpaired) electrons. The van der Waals surface area contributed by atoms with Gasteiger partial charge in [0.25, 0.3) is 0 Å². The predicted molar refractivity (Wildman–Crippen MR) is 26.0 cm³/mol. The van der Waals surface area contributed by atoms with Crippen LogP contribution in [0.15, 0.2) is 0 Å². The van der Waals surface area contributed by atoms with Crippen LogP contribution >= 0.6 is 0 Å². The van der Waals surface area contributed by atoms with Crippen molar-refractivity contribution in [2.24, 2.45) is 0 Å². The van der Waals surface area contributed by atoms with E-state index in [2.05, 4.69) is 13.8 Å². The third kappa shape index (κ3) is 19.0. The molecule has 7 heavy (non-hydrogen) atoms. The van der Waals surface area contributed by atoms with Crippen LogP contribution in [0.5, 0.6) is 0 Å². The minimum Gasteiger partial charge on any atom is -1.00 e. The average molecular weight is 144 g/mol. The molecule has 0 N–H and O–H groups in total. The maximum Gasteiger partial charge on any atom is 1.00 e. The second-order valence-corrected chi connectivity index (χ2v) is 1.21. The summed E-state index contributed by atoms with van der Waals surface area (Å²) in [5.41, 5.74) is 0. The van der Waals surface area contributed by atoms with Crippen molar-refractivity contribution in [1.82, 2.24) is 0 Å². The zero-order valence-corrected chi connectivity index (χ0v) is 8.50. The Morgan fingerprint density at radius 2 is 2.00 bits per heavy atom. The topological polar surface area (TPSA) is 0 Å². The van der Waals surface area contributed by atoms with E-state index in [1.165, 1.54) is 12.8 Å². The predicted octanol–water partition coefficient (Wildman–Crippen LogP) is -0.875. The molecule has 0 atom stereocenters. The zero-order chi connectivity index (χ0) is 4.12. The molecule has 0 saturated carbocycles. The van der Waals surface area contributed by atoms with Gasteiger partial charge < -0.3 is 8.35 Å². The molecule has 0 rings (SSSR count). The average Bonchev–Trinajstić information content (AvgIpc) is 1.41. The first-order chi connectivity index (χ1) is 2.41. The van der Waals surface area contributed by atoms with Gasteiger partial charge in [0.05, 0.1) is 0 Å². The van der Waals surface area contributed by atoms with Crippen LogP contribution in [0.2, 0.25) is 0 Å². The van der Waals surface area contributed by atoms with Crippen LogP contribution in [0.4, 0.5) is 0 Å². The van der Waals surface area contributed by atoms with Gasteiger partial charge in [0.2, 0.25) is 0 Å². The van der Waals surface area contributed by atoms with E-state index in [9.17, 15) is 0 Å². The summed E-state index contributed by atoms with van der Waals surface area (Å²) in [5, 5.41) is 0. The van der Waals surface area contributed by atoms with E-state index in [-0.39, 0.29) is 39.8 Å². The maximum absolute atomic E-state index is 3.68. The fraction of sp³-hybridized carbons (Fsp3) is 0.800. The molecule has 0 saturated heterocycles. The van der Waals surface area contributed by atoms with Crippen LogP contribution in [0.25, 0.3) is 0 Å². The SMILES string of the molecule is [CH2-]CCCC.[H-].[Li+].[Zn]. The third-order valence-electron chi connectivity index (χ3n) is 0.604. The summed E-state index contributed by atoms with van der Waals surface area (Å²) in [6, 6.07) is 0. The maximum atomic E-state index is 3.68. The Hall–Kier alpha value is 1.22. The molecular formula is C5H12LiZn-. The first-order valence-corrected chi connectivity index (χ1v) is 2.21. The summed E-state index contributed by atoms with van der Waals surface area (Å²) in [4.78, 5) is 0. The van der Waals surface area contributed by atoms with Crippen LogP contribution in [-0.2, 0) is 19.5 Å². The summed E-state index contributed by atoms with van der Waals surface area (Å²) < 4.78 is 0. The molecule has 0 aliphatic carbocycles. The third-order valence-corrected chi connectivity index (χ3v) is 0.604. The fourth-order valence-electron chi connectivity index (χ4n) is 0.250. The van der Waals surface area contributed by atoms with E-state index in [1.807, 2.05) is 0 Å². The van der Waals surface area contributed by atoms with Crippen LogP contribution in [0.1, 0.15) is 27.6 Å². The van der Waals surface area contributed by atoms with Gasteiger partial charge in [0.15, 0.2) is 0 Å². The van der Waals surface area contributed by atoms with E-state index in [1.54, 1.807) is 0 Å². The fourth-order valence-corrected chi connectivity index (χ4v) is 0.250. The normalized spacial score (nSPS) is 6.00. The van der Waals surface area contributed by atoms with Gasteiger partial charge in [0.1, 0.15) is 0 Å². The van der Waals surface area contributed by atoms with Gasteiger partial charge in [-0.2, -0.15) is 6.42 Å². The minimum absolute atomic E-state index is 0. The van der Waals surface area contributed by atoms with Crippen molar-refractivity contribution < 1.29 is 39.8 Å². The Labute approximate surface area is 72.9 Å². The molecule has 0 heterocycles. The Morgan fingerprint density at radius 1 is 1.57 bits per heavy atom. The van der Waals surface area contributed by atoms with Gasteiger partial charge in [-0.1, -0.05) is 19.8 Å². The number of rotatable bonds is 2. The van der Waals surface area contributed by atoms with Gasteiger partial charge in [-0.25, -0.2) is 0 Å². The molecule has 0 spiro atoms. The molecule has 0 amide bonds. The molecule has 0 fully saturated rings. The van der Waals surface area contributed by atoms with Crippen molar-refractivity contribution in [1.29, 1.82) is 0 Å². The number of hydrogen-bond donors (Lipinski definition) is 0. The molecule has 0 unspecified atom stereocenters. The van der Waals surface area contributed by atoms with Gasteiger partial charge in [-0.15, -0.1) is 0 Å². The Kier molecular flexibility index (Phi) is 35.2. The van der Waals surface area contributed by atoms with Crippen LogP contribution < -0.4 is 18.9 Å². The molecule has 0 bridgehead atoms. The van der Waals surface area contributed by atoms with Crippen LogP contribution in [0.3, 0.4) is 0 Å². The van der Waals surface area contributed by atoms with Crippen molar-refractivity contribution in [3.8, 4) is 0 Å². The van der Waals surface area contributed by atoms with E-state index in [0.717, 1.165) is 6.42 Å². The molecule has 0 aliphatic rings. The van der Waals surface area contributed by atoms with Crippen LogP contribution in [-0.4, -0.2) is 0 Å². The second-order valence-electron chi connectivity index (χ2n) is 1.21. The standard InChI is InChI=1S/C5H11.Li.Zn.H/c1-3-5-4-2;;;/h1,3-5H2,2H3;;;/q-1;+1;;-1. The monoisotopic (exact) mass is 143 g/mol. The van der Waals surface area contributed by atoms with Crippen molar-refractivity contribution in [3.05, 3.63) is 6.92 Å². The molecule has 0 nitrogen and oxygen atoms in total. The zero-order valence-electron chi connectivity index (χ0n) is 6.54. The first kappa shape index (κ1) is 15.7. The summed E-state index contributed by atoms with van der Waals surface area (Å²) >= 11 is 0. The Balaban J connectivity index is -0.0000000267. The van der Waals surface area contributed by atoms with Gasteiger partial charge in [-0.3, -0.25) is 0 Å². The number of hydrogen-bond acceptors (Lipinski definition) is 0. The summed E-state index contributed by atoms with van der Waals surface area (Å²) in [6.45, 7) is 5.85. The van der Waals surface area contributed by atoms with Crippen molar-refractivity contribution in [3.63, 3.8) is 0 Å². The molecule has 0 aromatic rings. The van der Waals surface area contributed by atoms with E-state index < -0.39 is 0 Å². The van der Waals surface area contributed by atoms with Gasteiger partial charge in [0, 0.05) is 19.5 Å². The smallest absolute Gasteiger partial charge is 1.00 e. The summed E-state index contributed by atoms with van der Waals surface area (Å²) in [7, 11) is 0. The minimum atomic E-state index is 0. The van der Waals surface area contributed by atoms with E-state index >= 15 is 0 Å². The van der Waals surface area contributed by atoms with Crippen LogP contribution in [0, 0.1) is 6.92 Å².